The van der Waals surface area contributed by atoms with Crippen molar-refractivity contribution in [3.63, 3.8) is 0 Å². The van der Waals surface area contributed by atoms with Gasteiger partial charge in [-0.1, -0.05) is 19.9 Å². The summed E-state index contributed by atoms with van der Waals surface area (Å²) in [5, 5.41) is 5.27. The molecule has 0 bridgehead atoms. The Morgan fingerprint density at radius 2 is 1.86 bits per heavy atom. The lowest BCUT2D eigenvalue weighted by molar-refractivity contribution is -0.189. The minimum atomic E-state index is -4.48. The zero-order valence-corrected chi connectivity index (χ0v) is 16.1. The van der Waals surface area contributed by atoms with Crippen LogP contribution in [0, 0.1) is 5.92 Å². The number of amides is 2. The van der Waals surface area contributed by atoms with Gasteiger partial charge < -0.3 is 15.4 Å². The Morgan fingerprint density at radius 3 is 2.45 bits per heavy atom. The number of hydrogen-bond donors (Lipinski definition) is 2. The van der Waals surface area contributed by atoms with Crippen LogP contribution in [-0.2, 0) is 11.3 Å². The first-order valence-corrected chi connectivity index (χ1v) is 8.79. The van der Waals surface area contributed by atoms with Crippen molar-refractivity contribution >= 4 is 17.6 Å². The van der Waals surface area contributed by atoms with E-state index >= 15 is 0 Å². The van der Waals surface area contributed by atoms with E-state index < -0.39 is 18.2 Å². The van der Waals surface area contributed by atoms with Gasteiger partial charge in [0, 0.05) is 36.5 Å². The molecule has 1 atom stereocenters. The second-order valence-electron chi connectivity index (χ2n) is 6.56. The van der Waals surface area contributed by atoms with E-state index in [1.165, 1.54) is 36.7 Å². The van der Waals surface area contributed by atoms with Gasteiger partial charge in [-0.25, -0.2) is 9.97 Å². The molecule has 156 valence electrons. The second-order valence-corrected chi connectivity index (χ2v) is 6.56. The molecule has 0 aliphatic carbocycles. The molecule has 2 aromatic rings. The van der Waals surface area contributed by atoms with Gasteiger partial charge in [0.25, 0.3) is 5.91 Å². The lowest BCUT2D eigenvalue weighted by Crippen LogP contribution is -2.31. The zero-order chi connectivity index (χ0) is 21.6. The van der Waals surface area contributed by atoms with Gasteiger partial charge in [0.1, 0.15) is 5.82 Å². The van der Waals surface area contributed by atoms with Crippen molar-refractivity contribution in [2.24, 2.45) is 5.92 Å². The van der Waals surface area contributed by atoms with Crippen LogP contribution in [0.1, 0.15) is 36.7 Å². The summed E-state index contributed by atoms with van der Waals surface area (Å²) < 4.78 is 42.2. The summed E-state index contributed by atoms with van der Waals surface area (Å²) >= 11 is 0. The maximum absolute atomic E-state index is 12.5. The Bertz CT molecular complexity index is 855. The average molecular weight is 410 g/mol. The van der Waals surface area contributed by atoms with Crippen LogP contribution in [0.15, 0.2) is 36.7 Å². The molecule has 29 heavy (non-hydrogen) atoms. The van der Waals surface area contributed by atoms with Crippen molar-refractivity contribution in [2.75, 3.05) is 5.32 Å². The maximum atomic E-state index is 12.5. The lowest BCUT2D eigenvalue weighted by atomic mass is 10.2. The number of nitrogens with zero attached hydrogens (tertiary/aromatic N) is 2. The van der Waals surface area contributed by atoms with Crippen LogP contribution in [0.5, 0.6) is 5.88 Å². The number of carbonyl (C=O) groups is 2. The van der Waals surface area contributed by atoms with Crippen LogP contribution in [0.3, 0.4) is 0 Å². The molecule has 0 fully saturated rings. The number of pyridine rings is 2. The number of carbonyl (C=O) groups excluding carboxylic acids is 2. The van der Waals surface area contributed by atoms with Crippen LogP contribution < -0.4 is 15.4 Å². The van der Waals surface area contributed by atoms with Gasteiger partial charge in [-0.15, -0.1) is 0 Å². The molecule has 0 radical (unpaired) electrons. The van der Waals surface area contributed by atoms with Gasteiger partial charge in [-0.3, -0.25) is 9.59 Å². The Kier molecular flexibility index (Phi) is 7.13. The molecule has 2 amide bonds. The molecule has 2 N–H and O–H groups in total. The van der Waals surface area contributed by atoms with Crippen LogP contribution >= 0.6 is 0 Å². The first-order valence-electron chi connectivity index (χ1n) is 8.79. The van der Waals surface area contributed by atoms with Gasteiger partial charge in [0.15, 0.2) is 6.10 Å². The predicted molar refractivity (Wildman–Crippen MR) is 99.3 cm³/mol. The minimum absolute atomic E-state index is 0.108. The van der Waals surface area contributed by atoms with Gasteiger partial charge in [0.2, 0.25) is 11.8 Å². The van der Waals surface area contributed by atoms with Crippen molar-refractivity contribution in [1.82, 2.24) is 15.3 Å². The molecule has 2 rings (SSSR count). The Hall–Kier alpha value is -3.17. The van der Waals surface area contributed by atoms with E-state index in [-0.39, 0.29) is 30.1 Å². The third-order valence-electron chi connectivity index (χ3n) is 3.81. The molecular weight excluding hydrogens is 389 g/mol. The highest BCUT2D eigenvalue weighted by Crippen LogP contribution is 2.23. The summed E-state index contributed by atoms with van der Waals surface area (Å²) in [5.41, 5.74) is 0.874. The van der Waals surface area contributed by atoms with Crippen LogP contribution in [0.4, 0.5) is 19.0 Å². The van der Waals surface area contributed by atoms with Gasteiger partial charge >= 0.3 is 6.18 Å². The van der Waals surface area contributed by atoms with Crippen LogP contribution in [-0.4, -0.2) is 34.1 Å². The number of hydrogen-bond acceptors (Lipinski definition) is 5. The summed E-state index contributed by atoms with van der Waals surface area (Å²) in [4.78, 5) is 31.8. The highest BCUT2D eigenvalue weighted by Gasteiger charge is 2.38. The van der Waals surface area contributed by atoms with E-state index in [0.717, 1.165) is 6.92 Å². The molecule has 0 spiro atoms. The van der Waals surface area contributed by atoms with Crippen molar-refractivity contribution < 1.29 is 27.5 Å². The molecule has 0 aromatic carbocycles. The van der Waals surface area contributed by atoms with Crippen molar-refractivity contribution in [1.29, 1.82) is 0 Å². The van der Waals surface area contributed by atoms with E-state index in [2.05, 4.69) is 20.6 Å². The monoisotopic (exact) mass is 410 g/mol. The summed E-state index contributed by atoms with van der Waals surface area (Å²) in [6.45, 7) is 4.47. The molecule has 2 heterocycles. The number of alkyl halides is 3. The third kappa shape index (κ3) is 6.74. The van der Waals surface area contributed by atoms with Gasteiger partial charge in [-0.2, -0.15) is 13.2 Å². The molecule has 0 unspecified atom stereocenters. The first-order chi connectivity index (χ1) is 13.6. The number of nitrogens with one attached hydrogen (secondary N) is 2. The minimum Gasteiger partial charge on any atom is -0.465 e. The largest absolute Gasteiger partial charge is 0.465 e. The third-order valence-corrected chi connectivity index (χ3v) is 3.81. The molecular formula is C19H21F3N4O3. The Labute approximate surface area is 165 Å². The standard InChI is InChI=1S/C19H21F3N4O3/c1-11(2)17(27)26-15-8-14(6-7-23-15)18(28)25-10-13-4-5-16(24-9-13)29-12(3)19(20,21)22/h4-9,11-12H,10H2,1-3H3,(H,25,28)(H,23,26,27)/t12-/m1/s1. The number of aromatic nitrogens is 2. The molecule has 0 saturated heterocycles. The van der Waals surface area contributed by atoms with Crippen molar-refractivity contribution in [3.8, 4) is 5.88 Å². The molecule has 0 aliphatic heterocycles. The number of anilines is 1. The van der Waals surface area contributed by atoms with Crippen LogP contribution in [0.2, 0.25) is 0 Å². The predicted octanol–water partition coefficient (Wildman–Crippen LogP) is 3.33. The summed E-state index contributed by atoms with van der Waals surface area (Å²) in [6.07, 6.45) is -3.73. The maximum Gasteiger partial charge on any atom is 0.425 e. The number of ether oxygens (including phenoxy) is 1. The summed E-state index contributed by atoms with van der Waals surface area (Å²) in [7, 11) is 0. The fraction of sp³-hybridized carbons (Fsp3) is 0.368. The molecule has 0 aliphatic rings. The molecule has 7 nitrogen and oxygen atoms in total. The van der Waals surface area contributed by atoms with E-state index in [0.29, 0.717) is 11.1 Å². The first kappa shape index (κ1) is 22.1. The average Bonchev–Trinajstić information content (AvgIpc) is 2.66. The Balaban J connectivity index is 1.93. The van der Waals surface area contributed by atoms with Gasteiger partial charge in [0.05, 0.1) is 0 Å². The SMILES string of the molecule is CC(C)C(=O)Nc1cc(C(=O)NCc2ccc(O[C@H](C)C(F)(F)F)nc2)ccn1. The second kappa shape index (κ2) is 9.35. The van der Waals surface area contributed by atoms with E-state index in [1.54, 1.807) is 13.8 Å². The highest BCUT2D eigenvalue weighted by atomic mass is 19.4. The summed E-state index contributed by atoms with van der Waals surface area (Å²) in [5.74, 6) is -0.752. The van der Waals surface area contributed by atoms with Crippen LogP contribution in [0.25, 0.3) is 0 Å². The van der Waals surface area contributed by atoms with E-state index in [4.69, 9.17) is 4.74 Å². The molecule has 2 aromatic heterocycles. The van der Waals surface area contributed by atoms with Gasteiger partial charge in [-0.05, 0) is 24.6 Å². The lowest BCUT2D eigenvalue weighted by Gasteiger charge is -2.16. The quantitative estimate of drug-likeness (QED) is 0.730. The molecule has 10 heteroatoms. The van der Waals surface area contributed by atoms with Crippen molar-refractivity contribution in [2.45, 2.75) is 39.6 Å². The van der Waals surface area contributed by atoms with E-state index in [9.17, 15) is 22.8 Å². The molecule has 0 saturated carbocycles. The number of rotatable bonds is 7. The van der Waals surface area contributed by atoms with Crippen molar-refractivity contribution in [3.05, 3.63) is 47.8 Å². The normalized spacial score (nSPS) is 12.4. The highest BCUT2D eigenvalue weighted by molar-refractivity contribution is 5.96. The fourth-order valence-electron chi connectivity index (χ4n) is 2.03. The smallest absolute Gasteiger partial charge is 0.425 e. The number of halogens is 3. The Morgan fingerprint density at radius 1 is 1.14 bits per heavy atom. The summed E-state index contributed by atoms with van der Waals surface area (Å²) in [6, 6.07) is 5.75. The topological polar surface area (TPSA) is 93.2 Å². The van der Waals surface area contributed by atoms with E-state index in [1.807, 2.05) is 0 Å². The fourth-order valence-corrected chi connectivity index (χ4v) is 2.03. The zero-order valence-electron chi connectivity index (χ0n) is 16.1.